The van der Waals surface area contributed by atoms with Gasteiger partial charge < -0.3 is 41.9 Å². The Morgan fingerprint density at radius 2 is 0.567 bits per heavy atom. The molecule has 0 aliphatic rings. The van der Waals surface area contributed by atoms with Crippen LogP contribution in [0.2, 0.25) is 0 Å². The smallest absolute Gasteiger partial charge is 0.129 e. The van der Waals surface area contributed by atoms with Gasteiger partial charge in [0.05, 0.1) is 10.8 Å². The lowest BCUT2D eigenvalue weighted by molar-refractivity contribution is 0.482. The molecule has 0 amide bonds. The van der Waals surface area contributed by atoms with E-state index in [1.54, 1.807) is 72.8 Å². The summed E-state index contributed by atoms with van der Waals surface area (Å²) >= 11 is 0. The maximum absolute atomic E-state index is 12.9. The van der Waals surface area contributed by atoms with Crippen LogP contribution in [-0.4, -0.2) is 4.21 Å². The predicted octanol–water partition coefficient (Wildman–Crippen LogP) is 11.8. The van der Waals surface area contributed by atoms with Crippen LogP contribution in [0.1, 0.15) is 11.1 Å². The van der Waals surface area contributed by atoms with Crippen LogP contribution in [0.4, 0.5) is 22.7 Å². The molecule has 0 aromatic heterocycles. The van der Waals surface area contributed by atoms with Crippen molar-refractivity contribution >= 4 is 33.5 Å². The zero-order valence-electron chi connectivity index (χ0n) is 32.6. The first-order chi connectivity index (χ1) is 29.2. The van der Waals surface area contributed by atoms with Gasteiger partial charge >= 0.3 is 0 Å². The van der Waals surface area contributed by atoms with Crippen LogP contribution in [0, 0.1) is 0 Å². The van der Waals surface area contributed by atoms with Crippen molar-refractivity contribution in [2.45, 2.75) is 22.6 Å². The van der Waals surface area contributed by atoms with Gasteiger partial charge in [0, 0.05) is 56.8 Å². The number of hydrogen-bond acceptors (Lipinski definition) is 9. The maximum atomic E-state index is 12.9. The van der Waals surface area contributed by atoms with Gasteiger partial charge in [0.25, 0.3) is 0 Å². The number of anilines is 4. The lowest BCUT2D eigenvalue weighted by atomic mass is 10.0. The van der Waals surface area contributed by atoms with Crippen LogP contribution in [0.15, 0.2) is 204 Å². The molecule has 0 heterocycles. The fourth-order valence-electron chi connectivity index (χ4n) is 5.99. The van der Waals surface area contributed by atoms with Crippen LogP contribution in [0.5, 0.6) is 46.0 Å². The molecular weight excluding hydrogens is 769 g/mol. The summed E-state index contributed by atoms with van der Waals surface area (Å²) < 4.78 is 36.1. The van der Waals surface area contributed by atoms with E-state index in [-0.39, 0.29) is 0 Å². The molecule has 0 aliphatic carbocycles. The van der Waals surface area contributed by atoms with E-state index >= 15 is 0 Å². The maximum Gasteiger partial charge on any atom is 0.129 e. The second-order valence-electron chi connectivity index (χ2n) is 13.7. The zero-order chi connectivity index (χ0) is 41.7. The fourth-order valence-corrected chi connectivity index (χ4v) is 7.03. The van der Waals surface area contributed by atoms with E-state index in [0.29, 0.717) is 55.5 Å². The van der Waals surface area contributed by atoms with E-state index in [1.807, 2.05) is 97.1 Å². The topological polar surface area (TPSA) is 158 Å². The Balaban J connectivity index is 0.000000181. The van der Waals surface area contributed by atoms with Gasteiger partial charge in [0.2, 0.25) is 0 Å². The highest BCUT2D eigenvalue weighted by molar-refractivity contribution is 7.85. The molecule has 9 nitrogen and oxygen atoms in total. The molecular formula is C50H44N4O5S. The second-order valence-corrected chi connectivity index (χ2v) is 15.2. The van der Waals surface area contributed by atoms with Crippen molar-refractivity contribution in [2.75, 3.05) is 22.9 Å². The summed E-state index contributed by atoms with van der Waals surface area (Å²) in [6.45, 7) is 0. The van der Waals surface area contributed by atoms with Crippen molar-refractivity contribution < 1.29 is 23.2 Å². The molecule has 0 saturated carbocycles. The summed E-state index contributed by atoms with van der Waals surface area (Å²) in [5.41, 5.74) is 28.3. The number of rotatable bonds is 13. The summed E-state index contributed by atoms with van der Waals surface area (Å²) in [5, 5.41) is 0. The highest BCUT2D eigenvalue weighted by atomic mass is 32.2. The Hall–Kier alpha value is -7.69. The average molecular weight is 813 g/mol. The van der Waals surface area contributed by atoms with Crippen molar-refractivity contribution in [2.24, 2.45) is 0 Å². The molecule has 0 fully saturated rings. The first-order valence-corrected chi connectivity index (χ1v) is 20.3. The first kappa shape index (κ1) is 40.5. The third kappa shape index (κ3) is 11.9. The van der Waals surface area contributed by atoms with Crippen LogP contribution in [0.25, 0.3) is 0 Å². The largest absolute Gasteiger partial charge is 0.457 e. The van der Waals surface area contributed by atoms with E-state index in [9.17, 15) is 4.21 Å². The Kier molecular flexibility index (Phi) is 13.3. The molecule has 0 atom stereocenters. The molecule has 8 rings (SSSR count). The molecule has 60 heavy (non-hydrogen) atoms. The molecule has 8 N–H and O–H groups in total. The molecule has 0 radical (unpaired) electrons. The number of aryl methyl sites for hydroxylation is 2. The lowest BCUT2D eigenvalue weighted by Crippen LogP contribution is -1.94. The zero-order valence-corrected chi connectivity index (χ0v) is 33.5. The number of hydrogen-bond donors (Lipinski definition) is 4. The Morgan fingerprint density at radius 3 is 0.817 bits per heavy atom. The average Bonchev–Trinajstić information content (AvgIpc) is 3.25. The van der Waals surface area contributed by atoms with Crippen molar-refractivity contribution in [1.82, 2.24) is 0 Å². The van der Waals surface area contributed by atoms with Gasteiger partial charge in [-0.1, -0.05) is 48.5 Å². The fraction of sp³-hybridized carbons (Fsp3) is 0.0400. The van der Waals surface area contributed by atoms with E-state index in [1.165, 1.54) is 11.1 Å². The van der Waals surface area contributed by atoms with Gasteiger partial charge in [-0.05, 0) is 145 Å². The minimum Gasteiger partial charge on any atom is -0.457 e. The minimum atomic E-state index is -1.31. The molecule has 0 aliphatic heterocycles. The van der Waals surface area contributed by atoms with Gasteiger partial charge in [0.1, 0.15) is 46.0 Å². The Morgan fingerprint density at radius 1 is 0.317 bits per heavy atom. The summed E-state index contributed by atoms with van der Waals surface area (Å²) in [6.07, 6.45) is 1.90. The lowest BCUT2D eigenvalue weighted by Gasteiger charge is -2.09. The molecule has 0 spiro atoms. The highest BCUT2D eigenvalue weighted by Gasteiger charge is 2.09. The van der Waals surface area contributed by atoms with Crippen molar-refractivity contribution in [3.8, 4) is 46.0 Å². The number of nitrogens with two attached hydrogens (primary N) is 4. The molecule has 10 heteroatoms. The molecule has 0 saturated heterocycles. The van der Waals surface area contributed by atoms with Crippen LogP contribution < -0.4 is 41.9 Å². The monoisotopic (exact) mass is 812 g/mol. The van der Waals surface area contributed by atoms with E-state index in [2.05, 4.69) is 24.3 Å². The predicted molar refractivity (Wildman–Crippen MR) is 242 cm³/mol. The van der Waals surface area contributed by atoms with Crippen LogP contribution in [-0.2, 0) is 23.6 Å². The van der Waals surface area contributed by atoms with Gasteiger partial charge in [0.15, 0.2) is 0 Å². The molecule has 300 valence electrons. The van der Waals surface area contributed by atoms with Crippen LogP contribution in [0.3, 0.4) is 0 Å². The van der Waals surface area contributed by atoms with Crippen molar-refractivity contribution in [3.63, 3.8) is 0 Å². The minimum absolute atomic E-state index is 0.633. The van der Waals surface area contributed by atoms with E-state index in [4.69, 9.17) is 41.9 Å². The van der Waals surface area contributed by atoms with Crippen molar-refractivity contribution in [1.29, 1.82) is 0 Å². The molecule has 8 aromatic rings. The molecule has 0 unspecified atom stereocenters. The normalized spacial score (nSPS) is 10.6. The quantitative estimate of drug-likeness (QED) is 0.0831. The summed E-state index contributed by atoms with van der Waals surface area (Å²) in [7, 11) is -1.31. The number of ether oxygens (including phenoxy) is 4. The molecule has 0 bridgehead atoms. The summed E-state index contributed by atoms with van der Waals surface area (Å²) in [4.78, 5) is 1.36. The van der Waals surface area contributed by atoms with Gasteiger partial charge in [-0.25, -0.2) is 4.21 Å². The van der Waals surface area contributed by atoms with E-state index < -0.39 is 10.8 Å². The summed E-state index contributed by atoms with van der Waals surface area (Å²) in [5.74, 6) is 5.67. The van der Waals surface area contributed by atoms with Gasteiger partial charge in [-0.3, -0.25) is 0 Å². The molecule has 8 aromatic carbocycles. The summed E-state index contributed by atoms with van der Waals surface area (Å²) in [6, 6.07) is 59.9. The van der Waals surface area contributed by atoms with E-state index in [0.717, 1.165) is 35.8 Å². The van der Waals surface area contributed by atoms with Gasteiger partial charge in [-0.15, -0.1) is 0 Å². The third-order valence-electron chi connectivity index (χ3n) is 9.00. The highest BCUT2D eigenvalue weighted by Crippen LogP contribution is 2.29. The SMILES string of the molecule is Nc1cccc(Oc2ccc(CCc3ccc(Oc4cccc(N)c4)cc3)cc2)c1.Nc1cccc(Oc2ccc(S(=O)c3ccc(Oc4cccc(N)c4)cc3)cc2)c1. The Labute approximate surface area is 352 Å². The third-order valence-corrected chi connectivity index (χ3v) is 10.4. The van der Waals surface area contributed by atoms with Crippen LogP contribution >= 0.6 is 0 Å². The Bertz CT molecular complexity index is 2470. The second kappa shape index (κ2) is 19.6. The number of nitrogen functional groups attached to an aromatic ring is 4. The van der Waals surface area contributed by atoms with Crippen molar-refractivity contribution in [3.05, 3.63) is 205 Å². The standard InChI is InChI=1S/C26H24N2O2.C24H20N2O3S/c27-21-3-1-5-25(17-21)29-23-13-9-19(10-14-23)7-8-20-11-15-24(16-12-20)30-26-6-2-4-22(28)18-26;25-17-3-1-5-21(15-17)28-19-7-11-23(12-8-19)30(27)24-13-9-20(10-14-24)29-22-6-2-4-18(26)16-22/h1-6,9-18H,7-8,27-28H2;1-16H,25-26H2. The number of benzene rings is 8. The first-order valence-electron chi connectivity index (χ1n) is 19.1. The van der Waals surface area contributed by atoms with Gasteiger partial charge in [-0.2, -0.15) is 0 Å².